The van der Waals surface area contributed by atoms with Crippen LogP contribution in [0.25, 0.3) is 0 Å². The summed E-state index contributed by atoms with van der Waals surface area (Å²) in [6, 6.07) is -0.379. The summed E-state index contributed by atoms with van der Waals surface area (Å²) >= 11 is 0. The van der Waals surface area contributed by atoms with E-state index in [1.165, 1.54) is 13.4 Å². The summed E-state index contributed by atoms with van der Waals surface area (Å²) in [6.45, 7) is 1.71. The fourth-order valence-electron chi connectivity index (χ4n) is 3.93. The third-order valence-corrected chi connectivity index (χ3v) is 5.24. The van der Waals surface area contributed by atoms with Crippen molar-refractivity contribution in [2.24, 2.45) is 5.92 Å². The van der Waals surface area contributed by atoms with Gasteiger partial charge in [-0.05, 0) is 12.8 Å². The summed E-state index contributed by atoms with van der Waals surface area (Å²) in [5, 5.41) is 12.8. The maximum Gasteiger partial charge on any atom is 0.308 e. The topological polar surface area (TPSA) is 108 Å². The van der Waals surface area contributed by atoms with Crippen LogP contribution in [-0.2, 0) is 14.3 Å². The fraction of sp³-hybridized carbons (Fsp3) is 0.625. The monoisotopic (exact) mass is 347 g/mol. The minimum atomic E-state index is -0.532. The first-order valence-corrected chi connectivity index (χ1v) is 8.52. The van der Waals surface area contributed by atoms with Crippen molar-refractivity contribution in [3.8, 4) is 0 Å². The molecule has 1 aromatic rings. The Morgan fingerprint density at radius 1 is 1.32 bits per heavy atom. The zero-order chi connectivity index (χ0) is 17.6. The standard InChI is InChI=1S/C16H21N5O4/c1-25-16(24)9-2-4-20(5-3-9)13-12-14(18-8-17-13)21-7-10(22)6-11(21)15(23)19-12/h8-11,22H,2-7H2,1H3,(H,19,23)/t10-,11-/m1/s1. The molecule has 4 heterocycles. The maximum atomic E-state index is 12.4. The van der Waals surface area contributed by atoms with Crippen LogP contribution < -0.4 is 15.1 Å². The lowest BCUT2D eigenvalue weighted by Gasteiger charge is -2.36. The van der Waals surface area contributed by atoms with Gasteiger partial charge in [0, 0.05) is 26.1 Å². The second-order valence-electron chi connectivity index (χ2n) is 6.73. The van der Waals surface area contributed by atoms with E-state index in [1.54, 1.807) is 0 Å². The number of ether oxygens (including phenoxy) is 1. The number of esters is 1. The molecular weight excluding hydrogens is 326 g/mol. The van der Waals surface area contributed by atoms with E-state index in [-0.39, 0.29) is 23.8 Å². The molecule has 3 aliphatic heterocycles. The Bertz CT molecular complexity index is 704. The number of methoxy groups -OCH3 is 1. The Morgan fingerprint density at radius 3 is 2.76 bits per heavy atom. The molecule has 0 aromatic carbocycles. The van der Waals surface area contributed by atoms with Gasteiger partial charge in [-0.2, -0.15) is 0 Å². The Hall–Kier alpha value is -2.42. The van der Waals surface area contributed by atoms with Gasteiger partial charge >= 0.3 is 5.97 Å². The predicted octanol–water partition coefficient (Wildman–Crippen LogP) is -0.242. The first kappa shape index (κ1) is 16.1. The molecule has 2 N–H and O–H groups in total. The van der Waals surface area contributed by atoms with E-state index in [2.05, 4.69) is 20.2 Å². The van der Waals surface area contributed by atoms with Crippen molar-refractivity contribution in [1.29, 1.82) is 0 Å². The van der Waals surface area contributed by atoms with Crippen LogP contribution in [0.4, 0.5) is 17.3 Å². The molecule has 0 saturated carbocycles. The molecule has 9 nitrogen and oxygen atoms in total. The molecule has 0 spiro atoms. The van der Waals surface area contributed by atoms with Crippen LogP contribution >= 0.6 is 0 Å². The number of rotatable bonds is 2. The number of amides is 1. The van der Waals surface area contributed by atoms with E-state index >= 15 is 0 Å². The highest BCUT2D eigenvalue weighted by molar-refractivity contribution is 6.06. The molecule has 0 unspecified atom stereocenters. The molecule has 1 aromatic heterocycles. The van der Waals surface area contributed by atoms with Gasteiger partial charge in [0.1, 0.15) is 18.1 Å². The van der Waals surface area contributed by atoms with Crippen LogP contribution in [0.15, 0.2) is 6.33 Å². The second kappa shape index (κ2) is 6.14. The lowest BCUT2D eigenvalue weighted by atomic mass is 9.97. The predicted molar refractivity (Wildman–Crippen MR) is 89.4 cm³/mol. The van der Waals surface area contributed by atoms with Crippen molar-refractivity contribution in [2.45, 2.75) is 31.4 Å². The average Bonchev–Trinajstić information content (AvgIpc) is 3.03. The molecule has 2 fully saturated rings. The molecule has 2 saturated heterocycles. The van der Waals surface area contributed by atoms with Gasteiger partial charge in [-0.25, -0.2) is 9.97 Å². The SMILES string of the molecule is COC(=O)C1CCN(c2ncnc3c2NC(=O)[C@H]2C[C@@H](O)CN32)CC1. The summed E-state index contributed by atoms with van der Waals surface area (Å²) in [5.41, 5.74) is 0.592. The van der Waals surface area contributed by atoms with E-state index in [0.717, 1.165) is 0 Å². The van der Waals surface area contributed by atoms with Crippen molar-refractivity contribution in [1.82, 2.24) is 9.97 Å². The van der Waals surface area contributed by atoms with Crippen LogP contribution in [0.5, 0.6) is 0 Å². The summed E-state index contributed by atoms with van der Waals surface area (Å²) < 4.78 is 4.82. The fourth-order valence-corrected chi connectivity index (χ4v) is 3.93. The quantitative estimate of drug-likeness (QED) is 0.706. The molecule has 2 atom stereocenters. The van der Waals surface area contributed by atoms with Crippen molar-refractivity contribution in [3.05, 3.63) is 6.33 Å². The molecular formula is C16H21N5O4. The van der Waals surface area contributed by atoms with Crippen LogP contribution in [0.3, 0.4) is 0 Å². The van der Waals surface area contributed by atoms with E-state index in [9.17, 15) is 14.7 Å². The summed E-state index contributed by atoms with van der Waals surface area (Å²) in [7, 11) is 1.41. The van der Waals surface area contributed by atoms with Crippen LogP contribution in [-0.4, -0.2) is 65.8 Å². The van der Waals surface area contributed by atoms with Crippen LogP contribution in [0, 0.1) is 5.92 Å². The highest BCUT2D eigenvalue weighted by atomic mass is 16.5. The molecule has 4 rings (SSSR count). The normalized spacial score (nSPS) is 26.1. The minimum Gasteiger partial charge on any atom is -0.469 e. The number of aliphatic hydroxyl groups is 1. The van der Waals surface area contributed by atoms with Gasteiger partial charge in [0.15, 0.2) is 11.6 Å². The zero-order valence-electron chi connectivity index (χ0n) is 14.0. The lowest BCUT2D eigenvalue weighted by molar-refractivity contribution is -0.146. The van der Waals surface area contributed by atoms with Gasteiger partial charge in [-0.3, -0.25) is 9.59 Å². The van der Waals surface area contributed by atoms with Gasteiger partial charge in [0.05, 0.1) is 19.1 Å². The first-order chi connectivity index (χ1) is 12.1. The second-order valence-corrected chi connectivity index (χ2v) is 6.73. The number of nitrogens with one attached hydrogen (secondary N) is 1. The number of fused-ring (bicyclic) bond motifs is 3. The smallest absolute Gasteiger partial charge is 0.308 e. The molecule has 0 radical (unpaired) electrons. The van der Waals surface area contributed by atoms with Gasteiger partial charge in [0.2, 0.25) is 5.91 Å². The number of hydrogen-bond donors (Lipinski definition) is 2. The Balaban J connectivity index is 1.59. The third kappa shape index (κ3) is 2.68. The highest BCUT2D eigenvalue weighted by Gasteiger charge is 2.43. The number of hydrogen-bond acceptors (Lipinski definition) is 8. The molecule has 9 heteroatoms. The molecule has 134 valence electrons. The van der Waals surface area contributed by atoms with Crippen molar-refractivity contribution >= 4 is 29.2 Å². The van der Waals surface area contributed by atoms with Crippen LogP contribution in [0.2, 0.25) is 0 Å². The van der Waals surface area contributed by atoms with Gasteiger partial charge in [-0.15, -0.1) is 0 Å². The van der Waals surface area contributed by atoms with Gasteiger partial charge in [-0.1, -0.05) is 0 Å². The summed E-state index contributed by atoms with van der Waals surface area (Å²) in [6.07, 6.45) is 2.74. The van der Waals surface area contributed by atoms with Crippen molar-refractivity contribution in [2.75, 3.05) is 41.9 Å². The number of piperidine rings is 1. The molecule has 25 heavy (non-hydrogen) atoms. The van der Waals surface area contributed by atoms with Crippen molar-refractivity contribution < 1.29 is 19.4 Å². The number of aliphatic hydroxyl groups excluding tert-OH is 1. The first-order valence-electron chi connectivity index (χ1n) is 8.52. The molecule has 0 aliphatic carbocycles. The Morgan fingerprint density at radius 2 is 2.04 bits per heavy atom. The number of anilines is 3. The van der Waals surface area contributed by atoms with E-state index in [1.807, 2.05) is 4.90 Å². The summed E-state index contributed by atoms with van der Waals surface area (Å²) in [5.74, 6) is 0.922. The number of nitrogens with zero attached hydrogens (tertiary/aromatic N) is 4. The van der Waals surface area contributed by atoms with E-state index in [4.69, 9.17) is 4.74 Å². The third-order valence-electron chi connectivity index (χ3n) is 5.24. The van der Waals surface area contributed by atoms with E-state index < -0.39 is 6.10 Å². The van der Waals surface area contributed by atoms with Gasteiger partial charge in [0.25, 0.3) is 0 Å². The minimum absolute atomic E-state index is 0.0911. The highest BCUT2D eigenvalue weighted by Crippen LogP contribution is 2.40. The number of aromatic nitrogens is 2. The number of carbonyl (C=O) groups is 2. The molecule has 1 amide bonds. The number of carbonyl (C=O) groups excluding carboxylic acids is 2. The van der Waals surface area contributed by atoms with Crippen LogP contribution in [0.1, 0.15) is 19.3 Å². The van der Waals surface area contributed by atoms with E-state index in [0.29, 0.717) is 56.2 Å². The Kier molecular flexibility index (Phi) is 3.95. The van der Waals surface area contributed by atoms with Crippen molar-refractivity contribution in [3.63, 3.8) is 0 Å². The molecule has 0 bridgehead atoms. The Labute approximate surface area is 145 Å². The molecule has 3 aliphatic rings. The van der Waals surface area contributed by atoms with Gasteiger partial charge < -0.3 is 25.0 Å². The lowest BCUT2D eigenvalue weighted by Crippen LogP contribution is -2.45. The zero-order valence-corrected chi connectivity index (χ0v) is 14.0. The average molecular weight is 347 g/mol. The largest absolute Gasteiger partial charge is 0.469 e. The maximum absolute atomic E-state index is 12.4. The summed E-state index contributed by atoms with van der Waals surface area (Å²) in [4.78, 5) is 36.7.